The van der Waals surface area contributed by atoms with E-state index in [0.29, 0.717) is 33.0 Å². The van der Waals surface area contributed by atoms with Gasteiger partial charge in [-0.3, -0.25) is 0 Å². The van der Waals surface area contributed by atoms with E-state index in [1.807, 2.05) is 91.0 Å². The minimum Gasteiger partial charge on any atom is -0.504 e. The van der Waals surface area contributed by atoms with Gasteiger partial charge in [0.1, 0.15) is 30.5 Å². The van der Waals surface area contributed by atoms with Crippen LogP contribution in [0.5, 0.6) is 0 Å². The first-order valence-corrected chi connectivity index (χ1v) is 16.8. The Hall–Kier alpha value is -4.56. The van der Waals surface area contributed by atoms with Crippen molar-refractivity contribution in [2.75, 3.05) is 7.11 Å². The van der Waals surface area contributed by atoms with Crippen molar-refractivity contribution in [3.05, 3.63) is 191 Å². The summed E-state index contributed by atoms with van der Waals surface area (Å²) in [5, 5.41) is 0. The normalized spacial score (nSPS) is 21.4. The molecule has 0 aromatic heterocycles. The number of benzene rings is 5. The summed E-state index contributed by atoms with van der Waals surface area (Å²) in [4.78, 5) is 0. The Kier molecular flexibility index (Phi) is 12.8. The van der Waals surface area contributed by atoms with Crippen molar-refractivity contribution in [3.63, 3.8) is 0 Å². The van der Waals surface area contributed by atoms with Crippen LogP contribution in [0.1, 0.15) is 27.8 Å². The maximum atomic E-state index is 6.88. The molecule has 1 fully saturated rings. The van der Waals surface area contributed by atoms with Crippen LogP contribution in [0.15, 0.2) is 163 Å². The van der Waals surface area contributed by atoms with E-state index in [-0.39, 0.29) is 0 Å². The Labute approximate surface area is 289 Å². The van der Waals surface area contributed by atoms with E-state index in [9.17, 15) is 0 Å². The highest BCUT2D eigenvalue weighted by molar-refractivity contribution is 5.26. The molecule has 0 amide bonds. The summed E-state index contributed by atoms with van der Waals surface area (Å²) in [6, 6.07) is 50.8. The molecule has 5 aromatic rings. The van der Waals surface area contributed by atoms with Crippen molar-refractivity contribution in [2.45, 2.75) is 63.6 Å². The monoisotopic (exact) mass is 656 g/mol. The molecule has 0 N–H and O–H groups in total. The van der Waals surface area contributed by atoms with Crippen molar-refractivity contribution in [1.82, 2.24) is 0 Å². The van der Waals surface area contributed by atoms with E-state index in [0.717, 1.165) is 33.4 Å². The summed E-state index contributed by atoms with van der Waals surface area (Å²) in [7, 11) is 1.65. The first-order valence-electron chi connectivity index (χ1n) is 16.8. The molecule has 0 bridgehead atoms. The van der Waals surface area contributed by atoms with Crippen molar-refractivity contribution in [1.29, 1.82) is 0 Å². The van der Waals surface area contributed by atoms with Gasteiger partial charge in [0.25, 0.3) is 0 Å². The number of rotatable bonds is 16. The van der Waals surface area contributed by atoms with Crippen molar-refractivity contribution in [3.8, 4) is 0 Å². The maximum absolute atomic E-state index is 6.88. The lowest BCUT2D eigenvalue weighted by molar-refractivity contribution is -0.229. The number of hydrogen-bond acceptors (Lipinski definition) is 6. The second-order valence-electron chi connectivity index (χ2n) is 12.1. The van der Waals surface area contributed by atoms with Gasteiger partial charge in [-0.25, -0.2) is 0 Å². The van der Waals surface area contributed by atoms with Crippen LogP contribution < -0.4 is 0 Å². The van der Waals surface area contributed by atoms with Crippen molar-refractivity contribution >= 4 is 0 Å². The maximum Gasteiger partial charge on any atom is 0.117 e. The van der Waals surface area contributed by atoms with E-state index in [1.54, 1.807) is 13.4 Å². The summed E-state index contributed by atoms with van der Waals surface area (Å²) < 4.78 is 40.0. The highest BCUT2D eigenvalue weighted by atomic mass is 16.6. The molecule has 0 heterocycles. The van der Waals surface area contributed by atoms with Crippen LogP contribution in [0, 0.1) is 0 Å². The molecule has 1 saturated carbocycles. The van der Waals surface area contributed by atoms with Gasteiger partial charge in [-0.2, -0.15) is 0 Å². The first-order chi connectivity index (χ1) is 24.3. The van der Waals surface area contributed by atoms with Gasteiger partial charge in [-0.1, -0.05) is 152 Å². The van der Waals surface area contributed by atoms with E-state index in [1.165, 1.54) is 0 Å². The van der Waals surface area contributed by atoms with E-state index < -0.39 is 30.5 Å². The largest absolute Gasteiger partial charge is 0.504 e. The van der Waals surface area contributed by atoms with Gasteiger partial charge in [-0.05, 0) is 27.8 Å². The first kappa shape index (κ1) is 34.3. The van der Waals surface area contributed by atoms with Gasteiger partial charge >= 0.3 is 0 Å². The minimum absolute atomic E-state index is 0.363. The van der Waals surface area contributed by atoms with Gasteiger partial charge < -0.3 is 28.4 Å². The SMILES string of the molecule is COC=C1[C@H](OCc2ccccc2)[C@H](OCc2ccccc2)C(OCc2ccccc2)[C@H](OCc2ccccc2)[C@H]1OCc1ccccc1. The van der Waals surface area contributed by atoms with Crippen molar-refractivity contribution in [2.24, 2.45) is 0 Å². The molecular weight excluding hydrogens is 612 g/mol. The summed E-state index contributed by atoms with van der Waals surface area (Å²) in [6.45, 7) is 1.82. The Morgan fingerprint density at radius 3 is 0.918 bits per heavy atom. The van der Waals surface area contributed by atoms with E-state index in [4.69, 9.17) is 28.4 Å². The summed E-state index contributed by atoms with van der Waals surface area (Å²) in [5.74, 6) is 0. The van der Waals surface area contributed by atoms with Crippen molar-refractivity contribution < 1.29 is 28.4 Å². The van der Waals surface area contributed by atoms with Crippen LogP contribution in [-0.4, -0.2) is 37.6 Å². The average molecular weight is 657 g/mol. The Bertz CT molecular complexity index is 1560. The van der Waals surface area contributed by atoms with Crippen LogP contribution in [0.4, 0.5) is 0 Å². The number of ether oxygens (including phenoxy) is 6. The van der Waals surface area contributed by atoms with Gasteiger partial charge in [0, 0.05) is 5.57 Å². The Balaban J connectivity index is 1.40. The topological polar surface area (TPSA) is 55.4 Å². The predicted octanol–water partition coefficient (Wildman–Crippen LogP) is 8.46. The molecule has 6 nitrogen and oxygen atoms in total. The zero-order chi connectivity index (χ0) is 33.5. The molecule has 6 rings (SSSR count). The van der Waals surface area contributed by atoms with Crippen LogP contribution in [0.25, 0.3) is 0 Å². The second-order valence-corrected chi connectivity index (χ2v) is 12.1. The molecule has 0 saturated heterocycles. The molecule has 0 aliphatic heterocycles. The lowest BCUT2D eigenvalue weighted by Gasteiger charge is -2.47. The molecule has 6 heteroatoms. The average Bonchev–Trinajstić information content (AvgIpc) is 3.17. The zero-order valence-corrected chi connectivity index (χ0v) is 27.9. The van der Waals surface area contributed by atoms with E-state index in [2.05, 4.69) is 60.7 Å². The fourth-order valence-corrected chi connectivity index (χ4v) is 6.10. The van der Waals surface area contributed by atoms with Gasteiger partial charge in [0.05, 0.1) is 46.4 Å². The molecule has 1 unspecified atom stereocenters. The van der Waals surface area contributed by atoms with Crippen LogP contribution in [0.3, 0.4) is 0 Å². The molecule has 0 radical (unpaired) electrons. The predicted molar refractivity (Wildman–Crippen MR) is 190 cm³/mol. The summed E-state index contributed by atoms with van der Waals surface area (Å²) >= 11 is 0. The molecule has 5 aromatic carbocycles. The minimum atomic E-state index is -0.568. The fraction of sp³-hybridized carbons (Fsp3) is 0.256. The van der Waals surface area contributed by atoms with E-state index >= 15 is 0 Å². The van der Waals surface area contributed by atoms with Crippen LogP contribution >= 0.6 is 0 Å². The lowest BCUT2D eigenvalue weighted by atomic mass is 9.82. The molecule has 5 atom stereocenters. The standard InChI is InChI=1S/C43H44O6/c1-44-32-38-39(45-27-33-17-7-2-8-18-33)41(47-29-35-21-11-4-12-22-35)43(49-31-37-25-15-6-16-26-37)42(48-30-36-23-13-5-14-24-36)40(38)46-28-34-19-9-3-10-20-34/h2-26,32,39-43H,27-31H2,1H3/t39-,40-,41-,42+,43?/m0/s1. The molecule has 0 spiro atoms. The molecule has 1 aliphatic rings. The molecule has 1 aliphatic carbocycles. The highest BCUT2D eigenvalue weighted by Gasteiger charge is 2.52. The third-order valence-electron chi connectivity index (χ3n) is 8.56. The zero-order valence-electron chi connectivity index (χ0n) is 27.9. The van der Waals surface area contributed by atoms with Gasteiger partial charge in [0.15, 0.2) is 0 Å². The Morgan fingerprint density at radius 1 is 0.367 bits per heavy atom. The summed E-state index contributed by atoms with van der Waals surface area (Å²) in [6.07, 6.45) is -1.10. The number of methoxy groups -OCH3 is 1. The molecule has 252 valence electrons. The molecule has 49 heavy (non-hydrogen) atoms. The smallest absolute Gasteiger partial charge is 0.117 e. The third-order valence-corrected chi connectivity index (χ3v) is 8.56. The van der Waals surface area contributed by atoms with Gasteiger partial charge in [0.2, 0.25) is 0 Å². The quantitative estimate of drug-likeness (QED) is 0.0994. The van der Waals surface area contributed by atoms with Crippen LogP contribution in [-0.2, 0) is 61.5 Å². The molecular formula is C43H44O6. The van der Waals surface area contributed by atoms with Crippen LogP contribution in [0.2, 0.25) is 0 Å². The fourth-order valence-electron chi connectivity index (χ4n) is 6.10. The highest BCUT2D eigenvalue weighted by Crippen LogP contribution is 2.38. The lowest BCUT2D eigenvalue weighted by Crippen LogP contribution is -2.61. The third kappa shape index (κ3) is 9.76. The summed E-state index contributed by atoms with van der Waals surface area (Å²) in [5.41, 5.74) is 6.04. The second kappa shape index (κ2) is 18.3. The van der Waals surface area contributed by atoms with Gasteiger partial charge in [-0.15, -0.1) is 0 Å². The number of hydrogen-bond donors (Lipinski definition) is 0. The Morgan fingerprint density at radius 2 is 0.633 bits per heavy atom.